The molecular weight excluding hydrogens is 338 g/mol. The zero-order valence-corrected chi connectivity index (χ0v) is 13.9. The number of aliphatic hydroxyl groups is 1. The zero-order valence-electron chi connectivity index (χ0n) is 13.9. The highest BCUT2D eigenvalue weighted by Gasteiger charge is 2.32. The summed E-state index contributed by atoms with van der Waals surface area (Å²) >= 11 is 0. The fourth-order valence-electron chi connectivity index (χ4n) is 2.17. The number of carbonyl (C=O) groups excluding carboxylic acids is 4. The lowest BCUT2D eigenvalue weighted by atomic mass is 10.0. The van der Waals surface area contributed by atoms with Crippen LogP contribution in [0.2, 0.25) is 0 Å². The van der Waals surface area contributed by atoms with Crippen molar-refractivity contribution in [3.8, 4) is 0 Å². The van der Waals surface area contributed by atoms with Gasteiger partial charge in [0.15, 0.2) is 6.10 Å². The summed E-state index contributed by atoms with van der Waals surface area (Å²) in [6.45, 7) is 1.06. The molecule has 7 heteroatoms. The number of ether oxygens (including phenoxy) is 1. The molecule has 0 radical (unpaired) electrons. The van der Waals surface area contributed by atoms with Crippen LogP contribution in [0.4, 0.5) is 0 Å². The third-order valence-corrected chi connectivity index (χ3v) is 3.53. The summed E-state index contributed by atoms with van der Waals surface area (Å²) in [6, 6.07) is 14.6. The Bertz CT molecular complexity index is 803. The fraction of sp³-hybridized carbons (Fsp3) is 0.158. The van der Waals surface area contributed by atoms with E-state index >= 15 is 0 Å². The van der Waals surface area contributed by atoms with Gasteiger partial charge >= 0.3 is 11.9 Å². The molecule has 7 nitrogen and oxygen atoms in total. The maximum Gasteiger partial charge on any atom is 0.345 e. The molecule has 0 aliphatic carbocycles. The standard InChI is InChI=1S/C19H17NO6/c1-12(21)17(23)20-15(13-8-4-2-5-9-13)16(22)19(25)26-18(24)14-10-6-3-7-11-14/h2-11,15-16,22H,1H3,(H,20,23)/t15-,16+/m0/s1. The highest BCUT2D eigenvalue weighted by atomic mass is 16.6. The van der Waals surface area contributed by atoms with Gasteiger partial charge in [0, 0.05) is 6.92 Å². The van der Waals surface area contributed by atoms with Crippen molar-refractivity contribution in [2.75, 3.05) is 0 Å². The molecule has 1 amide bonds. The molecule has 0 saturated heterocycles. The van der Waals surface area contributed by atoms with Gasteiger partial charge in [-0.15, -0.1) is 0 Å². The van der Waals surface area contributed by atoms with Gasteiger partial charge < -0.3 is 15.2 Å². The molecule has 0 aliphatic rings. The molecule has 2 N–H and O–H groups in total. The van der Waals surface area contributed by atoms with Crippen LogP contribution < -0.4 is 5.32 Å². The quantitative estimate of drug-likeness (QED) is 0.457. The molecule has 0 saturated carbocycles. The van der Waals surface area contributed by atoms with E-state index in [2.05, 4.69) is 10.1 Å². The predicted octanol–water partition coefficient (Wildman–Crippen LogP) is 1.18. The lowest BCUT2D eigenvalue weighted by Gasteiger charge is -2.22. The molecule has 2 aromatic carbocycles. The number of Topliss-reactive ketones (excluding diaryl/α,β-unsaturated/α-hetero) is 1. The first-order valence-electron chi connectivity index (χ1n) is 7.75. The van der Waals surface area contributed by atoms with Crippen LogP contribution in [-0.2, 0) is 19.1 Å². The molecule has 0 aromatic heterocycles. The van der Waals surface area contributed by atoms with Gasteiger partial charge in [0.1, 0.15) is 0 Å². The summed E-state index contributed by atoms with van der Waals surface area (Å²) in [5.41, 5.74) is 0.510. The van der Waals surface area contributed by atoms with Gasteiger partial charge in [-0.2, -0.15) is 0 Å². The molecule has 0 spiro atoms. The number of hydrogen-bond acceptors (Lipinski definition) is 6. The molecule has 2 aromatic rings. The average molecular weight is 355 g/mol. The number of ketones is 1. The van der Waals surface area contributed by atoms with E-state index in [1.165, 1.54) is 12.1 Å². The molecule has 2 atom stereocenters. The third-order valence-electron chi connectivity index (χ3n) is 3.53. The van der Waals surface area contributed by atoms with Crippen molar-refractivity contribution in [1.29, 1.82) is 0 Å². The predicted molar refractivity (Wildman–Crippen MR) is 90.9 cm³/mol. The van der Waals surface area contributed by atoms with E-state index in [-0.39, 0.29) is 5.56 Å². The normalized spacial score (nSPS) is 12.5. The van der Waals surface area contributed by atoms with E-state index in [4.69, 9.17) is 0 Å². The van der Waals surface area contributed by atoms with Crippen molar-refractivity contribution in [3.63, 3.8) is 0 Å². The molecule has 0 heterocycles. The number of carbonyl (C=O) groups is 4. The van der Waals surface area contributed by atoms with E-state index < -0.39 is 35.8 Å². The Labute approximate surface area is 149 Å². The van der Waals surface area contributed by atoms with Crippen LogP contribution in [0.3, 0.4) is 0 Å². The molecule has 0 bridgehead atoms. The van der Waals surface area contributed by atoms with Crippen LogP contribution in [-0.4, -0.2) is 34.8 Å². The maximum atomic E-state index is 12.2. The second kappa shape index (κ2) is 8.68. The van der Waals surface area contributed by atoms with Crippen LogP contribution in [0.1, 0.15) is 28.9 Å². The largest absolute Gasteiger partial charge is 0.387 e. The monoisotopic (exact) mass is 355 g/mol. The molecule has 26 heavy (non-hydrogen) atoms. The second-order valence-corrected chi connectivity index (χ2v) is 5.44. The Morgan fingerprint density at radius 1 is 0.923 bits per heavy atom. The van der Waals surface area contributed by atoms with Gasteiger partial charge in [-0.05, 0) is 17.7 Å². The van der Waals surface area contributed by atoms with Crippen LogP contribution in [0.25, 0.3) is 0 Å². The van der Waals surface area contributed by atoms with Gasteiger partial charge in [-0.1, -0.05) is 48.5 Å². The first-order chi connectivity index (χ1) is 12.4. The lowest BCUT2D eigenvalue weighted by molar-refractivity contribution is -0.150. The van der Waals surface area contributed by atoms with Gasteiger partial charge in [-0.25, -0.2) is 9.59 Å². The number of esters is 2. The summed E-state index contributed by atoms with van der Waals surface area (Å²) in [5, 5.41) is 12.6. The van der Waals surface area contributed by atoms with E-state index in [9.17, 15) is 24.3 Å². The number of amides is 1. The van der Waals surface area contributed by atoms with E-state index in [1.807, 2.05) is 0 Å². The van der Waals surface area contributed by atoms with Crippen LogP contribution in [0.5, 0.6) is 0 Å². The van der Waals surface area contributed by atoms with Crippen LogP contribution >= 0.6 is 0 Å². The van der Waals surface area contributed by atoms with Crippen molar-refractivity contribution < 1.29 is 29.0 Å². The number of aliphatic hydroxyl groups excluding tert-OH is 1. The highest BCUT2D eigenvalue weighted by molar-refractivity contribution is 6.35. The minimum atomic E-state index is -1.88. The van der Waals surface area contributed by atoms with Crippen LogP contribution in [0, 0.1) is 0 Å². The van der Waals surface area contributed by atoms with E-state index in [0.29, 0.717) is 5.56 Å². The fourth-order valence-corrected chi connectivity index (χ4v) is 2.17. The number of hydrogen-bond donors (Lipinski definition) is 2. The SMILES string of the molecule is CC(=O)C(=O)N[C@@H](c1ccccc1)[C@@H](O)C(=O)OC(=O)c1ccccc1. The summed E-state index contributed by atoms with van der Waals surface area (Å²) in [7, 11) is 0. The Hall–Kier alpha value is -3.32. The summed E-state index contributed by atoms with van der Waals surface area (Å²) in [5.74, 6) is -3.93. The molecule has 0 aliphatic heterocycles. The molecule has 0 unspecified atom stereocenters. The topological polar surface area (TPSA) is 110 Å². The molecule has 134 valence electrons. The Balaban J connectivity index is 2.18. The van der Waals surface area contributed by atoms with Gasteiger partial charge in [0.05, 0.1) is 11.6 Å². The Kier molecular flexibility index (Phi) is 6.35. The summed E-state index contributed by atoms with van der Waals surface area (Å²) < 4.78 is 4.68. The summed E-state index contributed by atoms with van der Waals surface area (Å²) in [6.07, 6.45) is -1.88. The lowest BCUT2D eigenvalue weighted by Crippen LogP contribution is -2.43. The van der Waals surface area contributed by atoms with Crippen molar-refractivity contribution >= 4 is 23.6 Å². The van der Waals surface area contributed by atoms with E-state index in [1.54, 1.807) is 48.5 Å². The second-order valence-electron chi connectivity index (χ2n) is 5.44. The average Bonchev–Trinajstić information content (AvgIpc) is 2.66. The molecule has 2 rings (SSSR count). The van der Waals surface area contributed by atoms with Crippen molar-refractivity contribution in [2.24, 2.45) is 0 Å². The first kappa shape index (κ1) is 19.0. The third kappa shape index (κ3) is 4.84. The van der Waals surface area contributed by atoms with Gasteiger partial charge in [-0.3, -0.25) is 9.59 Å². The number of nitrogens with one attached hydrogen (secondary N) is 1. The van der Waals surface area contributed by atoms with Gasteiger partial charge in [0.25, 0.3) is 5.91 Å². The number of benzene rings is 2. The van der Waals surface area contributed by atoms with Crippen LogP contribution in [0.15, 0.2) is 60.7 Å². The first-order valence-corrected chi connectivity index (χ1v) is 7.75. The Morgan fingerprint density at radius 2 is 1.46 bits per heavy atom. The molecule has 0 fully saturated rings. The van der Waals surface area contributed by atoms with Crippen molar-refractivity contribution in [1.82, 2.24) is 5.32 Å². The van der Waals surface area contributed by atoms with E-state index in [0.717, 1.165) is 6.92 Å². The van der Waals surface area contributed by atoms with Gasteiger partial charge in [0.2, 0.25) is 5.78 Å². The molecular formula is C19H17NO6. The highest BCUT2D eigenvalue weighted by Crippen LogP contribution is 2.18. The zero-order chi connectivity index (χ0) is 19.1. The maximum absolute atomic E-state index is 12.2. The minimum Gasteiger partial charge on any atom is -0.387 e. The number of rotatable bonds is 6. The smallest absolute Gasteiger partial charge is 0.345 e. The minimum absolute atomic E-state index is 0.136. The van der Waals surface area contributed by atoms with Crippen molar-refractivity contribution in [2.45, 2.75) is 19.1 Å². The Morgan fingerprint density at radius 3 is 2.00 bits per heavy atom. The van der Waals surface area contributed by atoms with Crippen molar-refractivity contribution in [3.05, 3.63) is 71.8 Å². The summed E-state index contributed by atoms with van der Waals surface area (Å²) in [4.78, 5) is 47.0.